The number of piperazine rings is 1. The normalized spacial score (nSPS) is 17.1. The largest absolute Gasteiger partial charge is 0.336 e. The summed E-state index contributed by atoms with van der Waals surface area (Å²) >= 11 is 0. The predicted molar refractivity (Wildman–Crippen MR) is 138 cm³/mol. The Kier molecular flexibility index (Phi) is 7.61. The maximum Gasteiger partial charge on any atom is 0.253 e. The van der Waals surface area contributed by atoms with E-state index in [1.54, 1.807) is 0 Å². The minimum absolute atomic E-state index is 0.0448. The number of nitriles is 1. The average Bonchev–Trinajstić information content (AvgIpc) is 3.45. The van der Waals surface area contributed by atoms with Crippen LogP contribution in [0.5, 0.6) is 0 Å². The molecule has 1 aromatic carbocycles. The van der Waals surface area contributed by atoms with Crippen molar-refractivity contribution < 1.29 is 9.59 Å². The molecule has 1 aliphatic carbocycles. The number of amides is 2. The van der Waals surface area contributed by atoms with E-state index >= 15 is 0 Å². The number of carbonyl (C=O) groups is 2. The van der Waals surface area contributed by atoms with E-state index in [9.17, 15) is 14.9 Å². The summed E-state index contributed by atoms with van der Waals surface area (Å²) in [5.41, 5.74) is 4.52. The number of aromatic nitrogens is 1. The number of hydrogen-bond acceptors (Lipinski definition) is 4. The van der Waals surface area contributed by atoms with Gasteiger partial charge >= 0.3 is 0 Å². The Morgan fingerprint density at radius 2 is 1.69 bits per heavy atom. The average molecular weight is 476 g/mol. The first-order chi connectivity index (χ1) is 16.8. The van der Waals surface area contributed by atoms with Crippen LogP contribution < -0.4 is 5.32 Å². The van der Waals surface area contributed by atoms with Gasteiger partial charge in [0, 0.05) is 43.5 Å². The summed E-state index contributed by atoms with van der Waals surface area (Å²) in [5.74, 6) is 1.02. The molecule has 4 rings (SSSR count). The van der Waals surface area contributed by atoms with Gasteiger partial charge in [0.25, 0.3) is 5.91 Å². The summed E-state index contributed by atoms with van der Waals surface area (Å²) in [6.45, 7) is 11.0. The second-order valence-electron chi connectivity index (χ2n) is 10.2. The monoisotopic (exact) mass is 475 g/mol. The van der Waals surface area contributed by atoms with Crippen LogP contribution in [-0.2, 0) is 4.79 Å². The van der Waals surface area contributed by atoms with Gasteiger partial charge in [0.1, 0.15) is 11.9 Å². The molecule has 2 aromatic rings. The van der Waals surface area contributed by atoms with Crippen LogP contribution in [-0.4, -0.2) is 58.9 Å². The van der Waals surface area contributed by atoms with Gasteiger partial charge in [-0.05, 0) is 55.9 Å². The fourth-order valence-electron chi connectivity index (χ4n) is 5.38. The summed E-state index contributed by atoms with van der Waals surface area (Å²) in [6, 6.07) is 10.5. The fraction of sp³-hybridized carbons (Fsp3) is 0.536. The van der Waals surface area contributed by atoms with Crippen LogP contribution in [0.4, 0.5) is 5.82 Å². The van der Waals surface area contributed by atoms with Gasteiger partial charge in [0.05, 0.1) is 12.1 Å². The van der Waals surface area contributed by atoms with E-state index in [2.05, 4.69) is 34.7 Å². The maximum absolute atomic E-state index is 13.0. The quantitative estimate of drug-likeness (QED) is 0.661. The van der Waals surface area contributed by atoms with Crippen molar-refractivity contribution in [1.29, 1.82) is 5.26 Å². The molecule has 186 valence electrons. The number of carbonyl (C=O) groups excluding carboxylic acids is 2. The molecule has 0 spiro atoms. The Balaban J connectivity index is 1.36. The highest BCUT2D eigenvalue weighted by atomic mass is 16.2. The second kappa shape index (κ2) is 10.7. The van der Waals surface area contributed by atoms with Gasteiger partial charge in [-0.15, -0.1) is 0 Å². The van der Waals surface area contributed by atoms with E-state index in [0.29, 0.717) is 55.1 Å². The molecule has 35 heavy (non-hydrogen) atoms. The molecule has 0 unspecified atom stereocenters. The third-order valence-corrected chi connectivity index (χ3v) is 7.67. The first kappa shape index (κ1) is 25.0. The molecule has 0 atom stereocenters. The van der Waals surface area contributed by atoms with Crippen LogP contribution in [0.25, 0.3) is 0 Å². The van der Waals surface area contributed by atoms with Crippen molar-refractivity contribution in [2.75, 3.05) is 38.0 Å². The fourth-order valence-corrected chi connectivity index (χ4v) is 5.38. The van der Waals surface area contributed by atoms with Crippen molar-refractivity contribution in [2.45, 2.75) is 65.3 Å². The SMILES string of the molecule is Cc1c(C#N)c(NC(=O)CN2CCN(C(=O)c3ccc(C(C)C)cc3)CC2)n(C2CCCC2)c1C. The van der Waals surface area contributed by atoms with E-state index in [-0.39, 0.29) is 18.4 Å². The maximum atomic E-state index is 13.0. The molecule has 2 amide bonds. The molecular formula is C28H37N5O2. The molecule has 0 bridgehead atoms. The third-order valence-electron chi connectivity index (χ3n) is 7.67. The van der Waals surface area contributed by atoms with Crippen molar-refractivity contribution in [3.05, 3.63) is 52.2 Å². The van der Waals surface area contributed by atoms with Gasteiger partial charge in [0.2, 0.25) is 5.91 Å². The molecular weight excluding hydrogens is 438 g/mol. The molecule has 1 saturated carbocycles. The zero-order chi connectivity index (χ0) is 25.1. The summed E-state index contributed by atoms with van der Waals surface area (Å²) in [4.78, 5) is 29.9. The van der Waals surface area contributed by atoms with Gasteiger partial charge in [0.15, 0.2) is 0 Å². The van der Waals surface area contributed by atoms with Crippen LogP contribution in [0, 0.1) is 25.2 Å². The molecule has 1 aromatic heterocycles. The number of rotatable bonds is 6. The summed E-state index contributed by atoms with van der Waals surface area (Å²) in [7, 11) is 0. The van der Waals surface area contributed by atoms with Crippen molar-refractivity contribution in [3.63, 3.8) is 0 Å². The summed E-state index contributed by atoms with van der Waals surface area (Å²) in [6.07, 6.45) is 4.53. The highest BCUT2D eigenvalue weighted by Crippen LogP contribution is 2.37. The lowest BCUT2D eigenvalue weighted by atomic mass is 10.0. The summed E-state index contributed by atoms with van der Waals surface area (Å²) in [5, 5.41) is 12.8. The van der Waals surface area contributed by atoms with Crippen molar-refractivity contribution in [2.24, 2.45) is 0 Å². The van der Waals surface area contributed by atoms with Gasteiger partial charge in [-0.25, -0.2) is 0 Å². The number of benzene rings is 1. The van der Waals surface area contributed by atoms with E-state index in [1.807, 2.05) is 43.0 Å². The molecule has 1 aliphatic heterocycles. The summed E-state index contributed by atoms with van der Waals surface area (Å²) < 4.78 is 2.18. The van der Waals surface area contributed by atoms with Crippen LogP contribution in [0.15, 0.2) is 24.3 Å². The molecule has 7 nitrogen and oxygen atoms in total. The lowest BCUT2D eigenvalue weighted by molar-refractivity contribution is -0.117. The molecule has 1 N–H and O–H groups in total. The van der Waals surface area contributed by atoms with Crippen LogP contribution >= 0.6 is 0 Å². The van der Waals surface area contributed by atoms with Gasteiger partial charge in [-0.1, -0.05) is 38.8 Å². The molecule has 1 saturated heterocycles. The van der Waals surface area contributed by atoms with Crippen molar-refractivity contribution >= 4 is 17.6 Å². The third kappa shape index (κ3) is 5.28. The topological polar surface area (TPSA) is 81.4 Å². The number of anilines is 1. The van der Waals surface area contributed by atoms with E-state index in [1.165, 1.54) is 18.4 Å². The second-order valence-corrected chi connectivity index (χ2v) is 10.2. The lowest BCUT2D eigenvalue weighted by Crippen LogP contribution is -2.50. The van der Waals surface area contributed by atoms with Gasteiger partial charge in [-0.2, -0.15) is 5.26 Å². The van der Waals surface area contributed by atoms with Crippen LogP contribution in [0.2, 0.25) is 0 Å². The zero-order valence-electron chi connectivity index (χ0n) is 21.4. The Morgan fingerprint density at radius 3 is 2.26 bits per heavy atom. The highest BCUT2D eigenvalue weighted by molar-refractivity contribution is 5.95. The lowest BCUT2D eigenvalue weighted by Gasteiger charge is -2.34. The molecule has 2 aliphatic rings. The standard InChI is InChI=1S/C28H37N5O2/c1-19(2)22-9-11-23(12-10-22)28(35)32-15-13-31(14-16-32)18-26(34)30-27-25(17-29)20(3)21(4)33(27)24-7-5-6-8-24/h9-12,19,24H,5-8,13-16,18H2,1-4H3,(H,30,34). The Morgan fingerprint density at radius 1 is 1.06 bits per heavy atom. The van der Waals surface area contributed by atoms with Crippen molar-refractivity contribution in [1.82, 2.24) is 14.4 Å². The number of hydrogen-bond donors (Lipinski definition) is 1. The molecule has 0 radical (unpaired) electrons. The number of nitrogens with zero attached hydrogens (tertiary/aromatic N) is 4. The van der Waals surface area contributed by atoms with Gasteiger partial charge < -0.3 is 14.8 Å². The van der Waals surface area contributed by atoms with E-state index in [0.717, 1.165) is 24.1 Å². The first-order valence-electron chi connectivity index (χ1n) is 12.8. The smallest absolute Gasteiger partial charge is 0.253 e. The highest BCUT2D eigenvalue weighted by Gasteiger charge is 2.28. The Hall–Kier alpha value is -3.11. The molecule has 2 fully saturated rings. The minimum atomic E-state index is -0.109. The van der Waals surface area contributed by atoms with Crippen LogP contribution in [0.3, 0.4) is 0 Å². The Bertz CT molecular complexity index is 1110. The number of nitrogens with one attached hydrogen (secondary N) is 1. The van der Waals surface area contributed by atoms with E-state index < -0.39 is 0 Å². The zero-order valence-corrected chi connectivity index (χ0v) is 21.4. The predicted octanol–water partition coefficient (Wildman–Crippen LogP) is 4.61. The van der Waals surface area contributed by atoms with Crippen LogP contribution in [0.1, 0.15) is 84.2 Å². The Labute approximate surface area is 208 Å². The van der Waals surface area contributed by atoms with Gasteiger partial charge in [-0.3, -0.25) is 14.5 Å². The first-order valence-corrected chi connectivity index (χ1v) is 12.8. The minimum Gasteiger partial charge on any atom is -0.336 e. The van der Waals surface area contributed by atoms with Crippen molar-refractivity contribution in [3.8, 4) is 6.07 Å². The molecule has 7 heteroatoms. The van der Waals surface area contributed by atoms with E-state index in [4.69, 9.17) is 0 Å². The molecule has 2 heterocycles.